The van der Waals surface area contributed by atoms with E-state index in [-0.39, 0.29) is 27.7 Å². The number of amides is 1. The van der Waals surface area contributed by atoms with Crippen molar-refractivity contribution in [2.45, 2.75) is 44.4 Å². The molecule has 1 unspecified atom stereocenters. The van der Waals surface area contributed by atoms with Gasteiger partial charge in [0.25, 0.3) is 5.91 Å². The van der Waals surface area contributed by atoms with Crippen LogP contribution in [0.4, 0.5) is 23.2 Å². The predicted molar refractivity (Wildman–Crippen MR) is 109 cm³/mol. The summed E-state index contributed by atoms with van der Waals surface area (Å²) in [5.74, 6) is -2.49. The molecule has 1 heterocycles. The molecule has 0 saturated heterocycles. The van der Waals surface area contributed by atoms with Crippen LogP contribution in [0.2, 0.25) is 0 Å². The zero-order valence-corrected chi connectivity index (χ0v) is 17.4. The quantitative estimate of drug-likeness (QED) is 0.565. The van der Waals surface area contributed by atoms with Gasteiger partial charge in [-0.15, -0.1) is 0 Å². The predicted octanol–water partition coefficient (Wildman–Crippen LogP) is 4.24. The summed E-state index contributed by atoms with van der Waals surface area (Å²) >= 11 is 0. The van der Waals surface area contributed by atoms with E-state index in [9.17, 15) is 32.3 Å². The maximum atomic E-state index is 14.2. The molecule has 0 aliphatic heterocycles. The highest BCUT2D eigenvalue weighted by atomic mass is 19.4. The van der Waals surface area contributed by atoms with Crippen LogP contribution in [-0.4, -0.2) is 27.9 Å². The first-order chi connectivity index (χ1) is 14.8. The summed E-state index contributed by atoms with van der Waals surface area (Å²) in [4.78, 5) is 24.4. The molecule has 1 atom stereocenters. The van der Waals surface area contributed by atoms with E-state index in [2.05, 4.69) is 15.0 Å². The van der Waals surface area contributed by atoms with E-state index in [0.717, 1.165) is 6.07 Å². The summed E-state index contributed by atoms with van der Waals surface area (Å²) in [6, 6.07) is 8.95. The van der Waals surface area contributed by atoms with E-state index in [4.69, 9.17) is 0 Å². The van der Waals surface area contributed by atoms with Crippen molar-refractivity contribution in [2.24, 2.45) is 0 Å². The number of aliphatic hydroxyl groups is 1. The van der Waals surface area contributed by atoms with Gasteiger partial charge in [0, 0.05) is 17.5 Å². The number of hydrogen-bond donors (Lipinski definition) is 2. The Balaban J connectivity index is 1.98. The van der Waals surface area contributed by atoms with Gasteiger partial charge in [0.1, 0.15) is 5.82 Å². The van der Waals surface area contributed by atoms with Crippen molar-refractivity contribution in [1.82, 2.24) is 5.16 Å². The van der Waals surface area contributed by atoms with Gasteiger partial charge in [-0.05, 0) is 42.2 Å². The van der Waals surface area contributed by atoms with Gasteiger partial charge >= 0.3 is 11.8 Å². The summed E-state index contributed by atoms with van der Waals surface area (Å²) in [6.07, 6.45) is -6.48. The number of benzene rings is 2. The standard InChI is InChI=1S/C22H20F4N2O4/c1-12-15-10-13(8-9-14(15)18(29)32-28-12)27-19(30)21(31,22(24,25)26)11-20(2,3)16-6-4-5-7-17(16)23/h4-10,31H,11H2,1-3H3,(H,27,30). The van der Waals surface area contributed by atoms with E-state index in [0.29, 0.717) is 0 Å². The molecule has 3 rings (SSSR count). The average Bonchev–Trinajstić information content (AvgIpc) is 2.70. The molecule has 6 nitrogen and oxygen atoms in total. The minimum Gasteiger partial charge on any atom is -0.373 e. The molecule has 170 valence electrons. The number of anilines is 1. The molecule has 0 radical (unpaired) electrons. The molecular formula is C22H20F4N2O4. The molecule has 0 aliphatic rings. The summed E-state index contributed by atoms with van der Waals surface area (Å²) in [6.45, 7) is 4.12. The first-order valence-electron chi connectivity index (χ1n) is 9.52. The van der Waals surface area contributed by atoms with E-state index in [1.165, 1.54) is 57.2 Å². The number of aryl methyl sites for hydroxylation is 1. The Morgan fingerprint density at radius 2 is 1.78 bits per heavy atom. The largest absolute Gasteiger partial charge is 0.426 e. The first-order valence-corrected chi connectivity index (χ1v) is 9.52. The van der Waals surface area contributed by atoms with Crippen LogP contribution in [0.1, 0.15) is 31.5 Å². The van der Waals surface area contributed by atoms with Crippen LogP contribution in [0.15, 0.2) is 51.8 Å². The second-order valence-corrected chi connectivity index (χ2v) is 8.17. The minimum atomic E-state index is -5.35. The third-order valence-electron chi connectivity index (χ3n) is 5.30. The molecule has 2 aromatic carbocycles. The lowest BCUT2D eigenvalue weighted by Crippen LogP contribution is -2.57. The van der Waals surface area contributed by atoms with Gasteiger partial charge in [0.2, 0.25) is 5.60 Å². The summed E-state index contributed by atoms with van der Waals surface area (Å²) in [7, 11) is 0. The Morgan fingerprint density at radius 3 is 2.41 bits per heavy atom. The number of alkyl halides is 3. The Hall–Kier alpha value is -3.27. The molecule has 0 saturated carbocycles. The lowest BCUT2D eigenvalue weighted by Gasteiger charge is -2.36. The number of hydrogen-bond acceptors (Lipinski definition) is 5. The Kier molecular flexibility index (Phi) is 5.86. The molecule has 1 amide bonds. The zero-order chi connectivity index (χ0) is 23.9. The molecule has 0 bridgehead atoms. The highest BCUT2D eigenvalue weighted by Gasteiger charge is 2.61. The lowest BCUT2D eigenvalue weighted by atomic mass is 9.74. The highest BCUT2D eigenvalue weighted by Crippen LogP contribution is 2.42. The van der Waals surface area contributed by atoms with E-state index < -0.39 is 41.0 Å². The number of carbonyl (C=O) groups excluding carboxylic acids is 1. The van der Waals surface area contributed by atoms with Gasteiger partial charge < -0.3 is 14.9 Å². The van der Waals surface area contributed by atoms with E-state index >= 15 is 0 Å². The smallest absolute Gasteiger partial charge is 0.373 e. The van der Waals surface area contributed by atoms with Crippen LogP contribution < -0.4 is 10.9 Å². The summed E-state index contributed by atoms with van der Waals surface area (Å²) in [5, 5.41) is 16.5. The molecule has 0 aliphatic carbocycles. The maximum Gasteiger partial charge on any atom is 0.426 e. The zero-order valence-electron chi connectivity index (χ0n) is 17.4. The average molecular weight is 452 g/mol. The molecular weight excluding hydrogens is 432 g/mol. The van der Waals surface area contributed by atoms with Gasteiger partial charge in [0.15, 0.2) is 0 Å². The number of halogens is 4. The van der Waals surface area contributed by atoms with Crippen LogP contribution in [0.5, 0.6) is 0 Å². The van der Waals surface area contributed by atoms with Crippen LogP contribution >= 0.6 is 0 Å². The summed E-state index contributed by atoms with van der Waals surface area (Å²) < 4.78 is 60.5. The molecule has 10 heteroatoms. The second kappa shape index (κ2) is 8.01. The van der Waals surface area contributed by atoms with E-state index in [1.54, 1.807) is 0 Å². The molecule has 3 aromatic rings. The number of fused-ring (bicyclic) bond motifs is 1. The number of carbonyl (C=O) groups is 1. The third kappa shape index (κ3) is 4.22. The lowest BCUT2D eigenvalue weighted by molar-refractivity contribution is -0.254. The fourth-order valence-corrected chi connectivity index (χ4v) is 3.60. The van der Waals surface area contributed by atoms with Crippen molar-refractivity contribution in [1.29, 1.82) is 0 Å². The van der Waals surface area contributed by atoms with Gasteiger partial charge in [0.05, 0.1) is 11.1 Å². The minimum absolute atomic E-state index is 0.0744. The van der Waals surface area contributed by atoms with Crippen molar-refractivity contribution in [3.05, 3.63) is 70.0 Å². The molecule has 32 heavy (non-hydrogen) atoms. The van der Waals surface area contributed by atoms with Crippen LogP contribution in [0.3, 0.4) is 0 Å². The summed E-state index contributed by atoms with van der Waals surface area (Å²) in [5.41, 5.74) is -6.00. The molecule has 0 spiro atoms. The number of aromatic nitrogens is 1. The van der Waals surface area contributed by atoms with Gasteiger partial charge in [-0.2, -0.15) is 13.2 Å². The van der Waals surface area contributed by atoms with Crippen LogP contribution in [-0.2, 0) is 10.2 Å². The monoisotopic (exact) mass is 452 g/mol. The topological polar surface area (TPSA) is 92.4 Å². The maximum absolute atomic E-state index is 14.2. The number of nitrogens with zero attached hydrogens (tertiary/aromatic N) is 1. The van der Waals surface area contributed by atoms with Gasteiger partial charge in [-0.3, -0.25) is 4.79 Å². The van der Waals surface area contributed by atoms with Crippen molar-refractivity contribution < 1.29 is 32.0 Å². The fourth-order valence-electron chi connectivity index (χ4n) is 3.60. The SMILES string of the molecule is Cc1noc(=O)c2ccc(NC(=O)C(O)(CC(C)(C)c3ccccc3F)C(F)(F)F)cc12. The normalized spacial score (nSPS) is 14.2. The first kappa shape index (κ1) is 23.4. The van der Waals surface area contributed by atoms with Gasteiger partial charge in [-0.25, -0.2) is 9.18 Å². The molecule has 0 fully saturated rings. The van der Waals surface area contributed by atoms with Crippen LogP contribution in [0.25, 0.3) is 10.8 Å². The van der Waals surface area contributed by atoms with Crippen LogP contribution in [0, 0.1) is 12.7 Å². The highest BCUT2D eigenvalue weighted by molar-refractivity contribution is 5.99. The fraction of sp³-hybridized carbons (Fsp3) is 0.318. The Morgan fingerprint density at radius 1 is 1.12 bits per heavy atom. The third-order valence-corrected chi connectivity index (χ3v) is 5.30. The van der Waals surface area contributed by atoms with E-state index in [1.807, 2.05) is 0 Å². The number of nitrogens with one attached hydrogen (secondary N) is 1. The van der Waals surface area contributed by atoms with Crippen molar-refractivity contribution in [3.8, 4) is 0 Å². The molecule has 1 aromatic heterocycles. The van der Waals surface area contributed by atoms with Gasteiger partial charge in [-0.1, -0.05) is 37.2 Å². The molecule has 2 N–H and O–H groups in total. The Bertz CT molecular complexity index is 1240. The van der Waals surface area contributed by atoms with Crippen molar-refractivity contribution in [2.75, 3.05) is 5.32 Å². The Labute approximate surface area is 179 Å². The number of rotatable bonds is 5. The van der Waals surface area contributed by atoms with Crippen molar-refractivity contribution in [3.63, 3.8) is 0 Å². The van der Waals surface area contributed by atoms with Crippen molar-refractivity contribution >= 4 is 22.4 Å². The second-order valence-electron chi connectivity index (χ2n) is 8.17.